The first-order chi connectivity index (χ1) is 10.2. The average molecular weight is 283 g/mol. The van der Waals surface area contributed by atoms with E-state index in [2.05, 4.69) is 52.4 Å². The fourth-order valence-corrected chi connectivity index (χ4v) is 4.29. The number of piperidine rings is 1. The summed E-state index contributed by atoms with van der Waals surface area (Å²) in [7, 11) is 2.25. The number of aryl methyl sites for hydroxylation is 1. The molecule has 0 unspecified atom stereocenters. The Morgan fingerprint density at radius 1 is 1.19 bits per heavy atom. The highest BCUT2D eigenvalue weighted by Crippen LogP contribution is 2.50. The standard InChI is InChI=1S/C17H21N3O/c1-11-18-17(21-19-11)16-14(12-6-4-3-5-7-12)10-13-8-9-15(16)20(13)2/h3-7,13-16H,8-10H2,1-2H3/t13-,14+,15+,16+/m0/s1. The Morgan fingerprint density at radius 3 is 2.71 bits per heavy atom. The molecule has 0 amide bonds. The first-order valence-corrected chi connectivity index (χ1v) is 7.81. The van der Waals surface area contributed by atoms with Crippen molar-refractivity contribution in [3.8, 4) is 0 Å². The van der Waals surface area contributed by atoms with Gasteiger partial charge in [0.15, 0.2) is 5.82 Å². The average Bonchev–Trinajstić information content (AvgIpc) is 3.01. The highest BCUT2D eigenvalue weighted by Gasteiger charge is 2.48. The van der Waals surface area contributed by atoms with Gasteiger partial charge in [0.05, 0.1) is 5.92 Å². The molecule has 110 valence electrons. The van der Waals surface area contributed by atoms with Crippen molar-refractivity contribution in [2.75, 3.05) is 7.05 Å². The van der Waals surface area contributed by atoms with Crippen LogP contribution < -0.4 is 0 Å². The molecule has 4 rings (SSSR count). The Morgan fingerprint density at radius 2 is 2.00 bits per heavy atom. The van der Waals surface area contributed by atoms with Crippen LogP contribution in [0.25, 0.3) is 0 Å². The predicted octanol–water partition coefficient (Wildman–Crippen LogP) is 3.11. The molecular weight excluding hydrogens is 262 g/mol. The number of nitrogens with zero attached hydrogens (tertiary/aromatic N) is 3. The molecular formula is C17H21N3O. The monoisotopic (exact) mass is 283 g/mol. The van der Waals surface area contributed by atoms with Gasteiger partial charge in [0.2, 0.25) is 5.89 Å². The third kappa shape index (κ3) is 2.09. The van der Waals surface area contributed by atoms with E-state index < -0.39 is 0 Å². The summed E-state index contributed by atoms with van der Waals surface area (Å²) in [5.41, 5.74) is 1.41. The number of aromatic nitrogens is 2. The van der Waals surface area contributed by atoms with E-state index in [9.17, 15) is 0 Å². The van der Waals surface area contributed by atoms with Crippen molar-refractivity contribution >= 4 is 0 Å². The maximum absolute atomic E-state index is 5.57. The van der Waals surface area contributed by atoms with E-state index in [1.165, 1.54) is 24.8 Å². The zero-order chi connectivity index (χ0) is 14.4. The number of hydrogen-bond donors (Lipinski definition) is 0. The van der Waals surface area contributed by atoms with Gasteiger partial charge in [0, 0.05) is 12.1 Å². The quantitative estimate of drug-likeness (QED) is 0.849. The van der Waals surface area contributed by atoms with E-state index in [-0.39, 0.29) is 0 Å². The Kier molecular flexibility index (Phi) is 3.07. The molecule has 2 aromatic rings. The molecule has 0 N–H and O–H groups in total. The third-order valence-electron chi connectivity index (χ3n) is 5.32. The number of benzene rings is 1. The van der Waals surface area contributed by atoms with Crippen LogP contribution in [0.3, 0.4) is 0 Å². The van der Waals surface area contributed by atoms with E-state index >= 15 is 0 Å². The van der Waals surface area contributed by atoms with Crippen molar-refractivity contribution in [1.29, 1.82) is 0 Å². The second kappa shape index (κ2) is 4.95. The van der Waals surface area contributed by atoms with E-state index in [0.29, 0.717) is 23.9 Å². The Hall–Kier alpha value is -1.68. The molecule has 2 aliphatic rings. The lowest BCUT2D eigenvalue weighted by molar-refractivity contribution is 0.120. The Labute approximate surface area is 125 Å². The van der Waals surface area contributed by atoms with Gasteiger partial charge in [-0.2, -0.15) is 4.98 Å². The summed E-state index contributed by atoms with van der Waals surface area (Å²) >= 11 is 0. The van der Waals surface area contributed by atoms with Crippen LogP contribution in [0.4, 0.5) is 0 Å². The molecule has 0 radical (unpaired) electrons. The molecule has 3 heterocycles. The summed E-state index contributed by atoms with van der Waals surface area (Å²) < 4.78 is 5.57. The molecule has 4 nitrogen and oxygen atoms in total. The minimum absolute atomic E-state index is 0.317. The molecule has 2 fully saturated rings. The van der Waals surface area contributed by atoms with Gasteiger partial charge in [-0.1, -0.05) is 35.5 Å². The number of rotatable bonds is 2. The van der Waals surface area contributed by atoms with Crippen molar-refractivity contribution < 1.29 is 4.52 Å². The molecule has 1 aromatic heterocycles. The van der Waals surface area contributed by atoms with Crippen LogP contribution in [-0.2, 0) is 0 Å². The highest BCUT2D eigenvalue weighted by molar-refractivity contribution is 5.27. The molecule has 4 heteroatoms. The maximum Gasteiger partial charge on any atom is 0.231 e. The largest absolute Gasteiger partial charge is 0.339 e. The van der Waals surface area contributed by atoms with E-state index in [1.54, 1.807) is 0 Å². The Bertz CT molecular complexity index is 624. The fraction of sp³-hybridized carbons (Fsp3) is 0.529. The van der Waals surface area contributed by atoms with Gasteiger partial charge in [-0.05, 0) is 44.7 Å². The SMILES string of the molecule is Cc1noc([C@@H]2[C@@H](c3ccccc3)C[C@@H]3CC[C@H]2N3C)n1. The first-order valence-electron chi connectivity index (χ1n) is 7.81. The number of hydrogen-bond acceptors (Lipinski definition) is 4. The summed E-state index contributed by atoms with van der Waals surface area (Å²) in [6.07, 6.45) is 3.70. The molecule has 1 aromatic carbocycles. The van der Waals surface area contributed by atoms with E-state index in [1.807, 2.05) is 6.92 Å². The lowest BCUT2D eigenvalue weighted by Crippen LogP contribution is -2.44. The molecule has 4 atom stereocenters. The molecule has 0 saturated carbocycles. The van der Waals surface area contributed by atoms with Gasteiger partial charge in [-0.25, -0.2) is 0 Å². The van der Waals surface area contributed by atoms with Gasteiger partial charge >= 0.3 is 0 Å². The second-order valence-electron chi connectivity index (χ2n) is 6.42. The molecule has 2 saturated heterocycles. The van der Waals surface area contributed by atoms with Crippen LogP contribution in [0.1, 0.15) is 48.4 Å². The second-order valence-corrected chi connectivity index (χ2v) is 6.42. The minimum atomic E-state index is 0.317. The van der Waals surface area contributed by atoms with Crippen LogP contribution in [0.5, 0.6) is 0 Å². The highest BCUT2D eigenvalue weighted by atomic mass is 16.5. The fourth-order valence-electron chi connectivity index (χ4n) is 4.29. The van der Waals surface area contributed by atoms with Crippen LogP contribution in [0, 0.1) is 6.92 Å². The van der Waals surface area contributed by atoms with Gasteiger partial charge in [0.25, 0.3) is 0 Å². The molecule has 2 bridgehead atoms. The van der Waals surface area contributed by atoms with Crippen molar-refractivity contribution in [3.63, 3.8) is 0 Å². The summed E-state index contributed by atoms with van der Waals surface area (Å²) in [5, 5.41) is 4.02. The first kappa shape index (κ1) is 13.0. The van der Waals surface area contributed by atoms with Crippen LogP contribution in [0.15, 0.2) is 34.9 Å². The summed E-state index contributed by atoms with van der Waals surface area (Å²) in [4.78, 5) is 7.09. The van der Waals surface area contributed by atoms with Crippen LogP contribution in [-0.4, -0.2) is 34.2 Å². The number of likely N-dealkylation sites (N-methyl/N-ethyl adjacent to an activating group) is 1. The smallest absolute Gasteiger partial charge is 0.231 e. The van der Waals surface area contributed by atoms with Crippen LogP contribution >= 0.6 is 0 Å². The molecule has 0 aliphatic carbocycles. The lowest BCUT2D eigenvalue weighted by Gasteiger charge is -2.41. The predicted molar refractivity (Wildman–Crippen MR) is 80.1 cm³/mol. The summed E-state index contributed by atoms with van der Waals surface area (Å²) in [5.74, 6) is 2.36. The van der Waals surface area contributed by atoms with Crippen LogP contribution in [0.2, 0.25) is 0 Å². The van der Waals surface area contributed by atoms with Gasteiger partial charge in [-0.15, -0.1) is 0 Å². The third-order valence-corrected chi connectivity index (χ3v) is 5.32. The minimum Gasteiger partial charge on any atom is -0.339 e. The maximum atomic E-state index is 5.57. The molecule has 0 spiro atoms. The topological polar surface area (TPSA) is 42.2 Å². The zero-order valence-electron chi connectivity index (χ0n) is 12.6. The number of fused-ring (bicyclic) bond motifs is 2. The van der Waals surface area contributed by atoms with E-state index in [4.69, 9.17) is 4.52 Å². The molecule has 21 heavy (non-hydrogen) atoms. The van der Waals surface area contributed by atoms with Gasteiger partial charge in [0.1, 0.15) is 0 Å². The van der Waals surface area contributed by atoms with Crippen molar-refractivity contribution in [2.24, 2.45) is 0 Å². The van der Waals surface area contributed by atoms with Gasteiger partial charge < -0.3 is 4.52 Å². The van der Waals surface area contributed by atoms with E-state index in [0.717, 1.165) is 11.7 Å². The zero-order valence-corrected chi connectivity index (χ0v) is 12.6. The Balaban J connectivity index is 1.77. The lowest BCUT2D eigenvalue weighted by atomic mass is 9.76. The van der Waals surface area contributed by atoms with Gasteiger partial charge in [-0.3, -0.25) is 4.90 Å². The summed E-state index contributed by atoms with van der Waals surface area (Å²) in [6.45, 7) is 1.90. The van der Waals surface area contributed by atoms with Crippen molar-refractivity contribution in [3.05, 3.63) is 47.6 Å². The van der Waals surface area contributed by atoms with Crippen molar-refractivity contribution in [1.82, 2.24) is 15.0 Å². The molecule has 2 aliphatic heterocycles. The summed E-state index contributed by atoms with van der Waals surface area (Å²) in [6, 6.07) is 12.0. The van der Waals surface area contributed by atoms with Crippen molar-refractivity contribution in [2.45, 2.75) is 50.1 Å². The normalized spacial score (nSPS) is 32.5.